The Labute approximate surface area is 173 Å². The molecule has 3 rings (SSSR count). The summed E-state index contributed by atoms with van der Waals surface area (Å²) in [5.74, 6) is -0.647. The maximum atomic E-state index is 13.0. The van der Waals surface area contributed by atoms with Crippen LogP contribution in [0, 0.1) is 13.8 Å². The first kappa shape index (κ1) is 20.5. The van der Waals surface area contributed by atoms with Gasteiger partial charge in [0.25, 0.3) is 5.91 Å². The lowest BCUT2D eigenvalue weighted by Gasteiger charge is -2.35. The van der Waals surface area contributed by atoms with E-state index in [0.717, 1.165) is 23.1 Å². The van der Waals surface area contributed by atoms with Crippen LogP contribution in [0.15, 0.2) is 45.8 Å². The van der Waals surface area contributed by atoms with Crippen molar-refractivity contribution in [3.8, 4) is 0 Å². The first-order chi connectivity index (χ1) is 13.1. The van der Waals surface area contributed by atoms with Gasteiger partial charge in [0.05, 0.1) is 10.5 Å². The van der Waals surface area contributed by atoms with Gasteiger partial charge in [-0.15, -0.1) is 0 Å². The Hall–Kier alpha value is -2.19. The molecule has 0 atom stereocenters. The van der Waals surface area contributed by atoms with Crippen molar-refractivity contribution in [3.63, 3.8) is 0 Å². The van der Waals surface area contributed by atoms with E-state index in [1.54, 1.807) is 11.0 Å². The fourth-order valence-corrected chi connectivity index (χ4v) is 4.77. The lowest BCUT2D eigenvalue weighted by Crippen LogP contribution is -2.52. The Morgan fingerprint density at radius 3 is 2.39 bits per heavy atom. The highest BCUT2D eigenvalue weighted by Gasteiger charge is 2.31. The van der Waals surface area contributed by atoms with Crippen molar-refractivity contribution in [1.82, 2.24) is 4.90 Å². The zero-order chi connectivity index (χ0) is 20.6. The molecule has 0 N–H and O–H groups in total. The number of carbonyl (C=O) groups is 2. The van der Waals surface area contributed by atoms with Gasteiger partial charge in [-0.3, -0.25) is 9.59 Å². The molecule has 148 valence electrons. The number of amides is 2. The molecular formula is C20H21BrN2O4S. The number of carbonyl (C=O) groups excluding carboxylic acids is 2. The van der Waals surface area contributed by atoms with Crippen LogP contribution in [0.2, 0.25) is 0 Å². The fraction of sp³-hybridized carbons (Fsp3) is 0.300. The molecule has 1 aliphatic heterocycles. The van der Waals surface area contributed by atoms with Gasteiger partial charge in [-0.25, -0.2) is 8.42 Å². The zero-order valence-corrected chi connectivity index (χ0v) is 18.3. The fourth-order valence-electron chi connectivity index (χ4n) is 3.36. The first-order valence-electron chi connectivity index (χ1n) is 8.74. The summed E-state index contributed by atoms with van der Waals surface area (Å²) in [5.41, 5.74) is 3.04. The molecule has 1 fully saturated rings. The summed E-state index contributed by atoms with van der Waals surface area (Å²) in [6, 6.07) is 10.4. The topological polar surface area (TPSA) is 74.8 Å². The van der Waals surface area contributed by atoms with Crippen LogP contribution in [-0.2, 0) is 14.6 Å². The number of anilines is 1. The SMILES string of the molecule is Cc1ccc(N2CCN(C(=O)c3ccc(Br)cc3S(C)(=O)=O)CC2=O)c(C)c1. The van der Waals surface area contributed by atoms with E-state index in [-0.39, 0.29) is 22.9 Å². The molecule has 2 amide bonds. The van der Waals surface area contributed by atoms with E-state index in [1.165, 1.54) is 17.0 Å². The summed E-state index contributed by atoms with van der Waals surface area (Å²) in [7, 11) is -3.59. The second-order valence-corrected chi connectivity index (χ2v) is 9.87. The summed E-state index contributed by atoms with van der Waals surface area (Å²) in [6.45, 7) is 4.54. The van der Waals surface area contributed by atoms with Crippen LogP contribution in [0.4, 0.5) is 5.69 Å². The van der Waals surface area contributed by atoms with E-state index in [0.29, 0.717) is 17.6 Å². The van der Waals surface area contributed by atoms with Gasteiger partial charge in [-0.2, -0.15) is 0 Å². The predicted octanol–water partition coefficient (Wildman–Crippen LogP) is 2.96. The van der Waals surface area contributed by atoms with Gasteiger partial charge in [0.2, 0.25) is 5.91 Å². The summed E-state index contributed by atoms with van der Waals surface area (Å²) in [4.78, 5) is 28.7. The molecule has 6 nitrogen and oxygen atoms in total. The van der Waals surface area contributed by atoms with Crippen LogP contribution in [-0.4, -0.2) is 51.0 Å². The van der Waals surface area contributed by atoms with Crippen molar-refractivity contribution >= 4 is 43.3 Å². The number of benzene rings is 2. The summed E-state index contributed by atoms with van der Waals surface area (Å²) in [5, 5.41) is 0. The summed E-state index contributed by atoms with van der Waals surface area (Å²) >= 11 is 3.24. The molecule has 1 saturated heterocycles. The molecule has 0 saturated carbocycles. The smallest absolute Gasteiger partial charge is 0.255 e. The van der Waals surface area contributed by atoms with Gasteiger partial charge in [-0.1, -0.05) is 33.6 Å². The average molecular weight is 465 g/mol. The Kier molecular flexibility index (Phi) is 5.63. The van der Waals surface area contributed by atoms with Crippen LogP contribution >= 0.6 is 15.9 Å². The third-order valence-corrected chi connectivity index (χ3v) is 6.35. The van der Waals surface area contributed by atoms with Gasteiger partial charge < -0.3 is 9.80 Å². The second-order valence-electron chi connectivity index (χ2n) is 6.97. The van der Waals surface area contributed by atoms with E-state index in [4.69, 9.17) is 0 Å². The van der Waals surface area contributed by atoms with E-state index in [1.807, 2.05) is 32.0 Å². The number of rotatable bonds is 3. The third kappa shape index (κ3) is 4.12. The minimum absolute atomic E-state index is 0.0452. The Balaban J connectivity index is 1.85. The number of nitrogens with zero attached hydrogens (tertiary/aromatic N) is 2. The molecule has 1 heterocycles. The van der Waals surface area contributed by atoms with Gasteiger partial charge >= 0.3 is 0 Å². The van der Waals surface area contributed by atoms with Crippen molar-refractivity contribution in [2.24, 2.45) is 0 Å². The lowest BCUT2D eigenvalue weighted by atomic mass is 10.1. The van der Waals surface area contributed by atoms with E-state index < -0.39 is 15.7 Å². The summed E-state index contributed by atoms with van der Waals surface area (Å²) < 4.78 is 24.8. The van der Waals surface area contributed by atoms with Gasteiger partial charge in [0, 0.05) is 29.5 Å². The van der Waals surface area contributed by atoms with Crippen LogP contribution < -0.4 is 4.90 Å². The van der Waals surface area contributed by atoms with Gasteiger partial charge in [0.15, 0.2) is 9.84 Å². The molecule has 0 radical (unpaired) electrons. The standard InChI is InChI=1S/C20H21BrN2O4S/c1-13-4-7-17(14(2)10-13)23-9-8-22(12-19(23)24)20(25)16-6-5-15(21)11-18(16)28(3,26)27/h4-7,10-11H,8-9,12H2,1-3H3. The largest absolute Gasteiger partial charge is 0.327 e. The zero-order valence-electron chi connectivity index (χ0n) is 15.9. The Bertz CT molecular complexity index is 1070. The quantitative estimate of drug-likeness (QED) is 0.699. The minimum atomic E-state index is -3.59. The van der Waals surface area contributed by atoms with Crippen molar-refractivity contribution in [2.75, 3.05) is 30.8 Å². The molecular weight excluding hydrogens is 444 g/mol. The normalized spacial score (nSPS) is 15.1. The van der Waals surface area contributed by atoms with Crippen molar-refractivity contribution in [2.45, 2.75) is 18.7 Å². The van der Waals surface area contributed by atoms with E-state index >= 15 is 0 Å². The van der Waals surface area contributed by atoms with Gasteiger partial charge in [-0.05, 0) is 43.7 Å². The van der Waals surface area contributed by atoms with Crippen LogP contribution in [0.5, 0.6) is 0 Å². The number of piperazine rings is 1. The number of aryl methyl sites for hydroxylation is 2. The maximum absolute atomic E-state index is 13.0. The highest BCUT2D eigenvalue weighted by molar-refractivity contribution is 9.10. The van der Waals surface area contributed by atoms with E-state index in [9.17, 15) is 18.0 Å². The molecule has 8 heteroatoms. The minimum Gasteiger partial charge on any atom is -0.327 e. The molecule has 2 aromatic carbocycles. The Morgan fingerprint density at radius 2 is 1.79 bits per heavy atom. The predicted molar refractivity (Wildman–Crippen MR) is 111 cm³/mol. The van der Waals surface area contributed by atoms with Gasteiger partial charge in [0.1, 0.15) is 6.54 Å². The second kappa shape index (κ2) is 7.67. The maximum Gasteiger partial charge on any atom is 0.255 e. The van der Waals surface area contributed by atoms with Crippen LogP contribution in [0.3, 0.4) is 0 Å². The van der Waals surface area contributed by atoms with E-state index in [2.05, 4.69) is 15.9 Å². The highest BCUT2D eigenvalue weighted by Crippen LogP contribution is 2.26. The molecule has 28 heavy (non-hydrogen) atoms. The molecule has 0 unspecified atom stereocenters. The molecule has 1 aliphatic rings. The first-order valence-corrected chi connectivity index (χ1v) is 11.4. The molecule has 2 aromatic rings. The number of hydrogen-bond donors (Lipinski definition) is 0. The molecule has 0 spiro atoms. The van der Waals surface area contributed by atoms with Crippen LogP contribution in [0.1, 0.15) is 21.5 Å². The molecule has 0 aliphatic carbocycles. The lowest BCUT2D eigenvalue weighted by molar-refractivity contribution is -0.120. The molecule has 0 bridgehead atoms. The number of sulfone groups is 1. The highest BCUT2D eigenvalue weighted by atomic mass is 79.9. The third-order valence-electron chi connectivity index (χ3n) is 4.72. The van der Waals surface area contributed by atoms with Crippen LogP contribution in [0.25, 0.3) is 0 Å². The number of hydrogen-bond acceptors (Lipinski definition) is 4. The Morgan fingerprint density at radius 1 is 1.07 bits per heavy atom. The van der Waals surface area contributed by atoms with Crippen molar-refractivity contribution in [1.29, 1.82) is 0 Å². The van der Waals surface area contributed by atoms with Crippen molar-refractivity contribution in [3.05, 3.63) is 57.6 Å². The van der Waals surface area contributed by atoms with Crippen molar-refractivity contribution < 1.29 is 18.0 Å². The molecule has 0 aromatic heterocycles. The monoisotopic (exact) mass is 464 g/mol. The number of halogens is 1. The average Bonchev–Trinajstić information content (AvgIpc) is 2.61. The summed E-state index contributed by atoms with van der Waals surface area (Å²) in [6.07, 6.45) is 1.06.